The van der Waals surface area contributed by atoms with Gasteiger partial charge in [0.15, 0.2) is 5.75 Å². The number of methoxy groups -OCH3 is 1. The first-order chi connectivity index (χ1) is 7.68. The summed E-state index contributed by atoms with van der Waals surface area (Å²) in [5.74, 6) is -3.01. The quantitative estimate of drug-likeness (QED) is 0.606. The number of esters is 1. The fourth-order valence-electron chi connectivity index (χ4n) is 1.09. The molecule has 0 aromatic heterocycles. The highest BCUT2D eigenvalue weighted by Gasteiger charge is 2.25. The molecule has 0 fully saturated rings. The molecular formula is C9H17NO6S. The van der Waals surface area contributed by atoms with Crippen LogP contribution in [0.25, 0.3) is 0 Å². The fourth-order valence-corrected chi connectivity index (χ4v) is 2.42. The van der Waals surface area contributed by atoms with Gasteiger partial charge < -0.3 is 9.84 Å². The Labute approximate surface area is 100 Å². The molecular weight excluding hydrogens is 250 g/mol. The second-order valence-corrected chi connectivity index (χ2v) is 5.66. The minimum Gasteiger partial charge on any atom is -0.481 e. The molecule has 0 bridgehead atoms. The van der Waals surface area contributed by atoms with Crippen LogP contribution in [0.2, 0.25) is 0 Å². The molecule has 0 radical (unpaired) electrons. The van der Waals surface area contributed by atoms with E-state index in [1.54, 1.807) is 13.8 Å². The van der Waals surface area contributed by atoms with Gasteiger partial charge >= 0.3 is 11.9 Å². The van der Waals surface area contributed by atoms with Gasteiger partial charge in [-0.3, -0.25) is 9.59 Å². The van der Waals surface area contributed by atoms with Crippen molar-refractivity contribution in [3.05, 3.63) is 0 Å². The minimum absolute atomic E-state index is 0.196. The zero-order valence-electron chi connectivity index (χ0n) is 9.97. The van der Waals surface area contributed by atoms with Crippen molar-refractivity contribution in [3.8, 4) is 0 Å². The zero-order chi connectivity index (χ0) is 13.6. The van der Waals surface area contributed by atoms with Gasteiger partial charge in [-0.15, -0.1) is 0 Å². The van der Waals surface area contributed by atoms with Gasteiger partial charge in [0.25, 0.3) is 0 Å². The normalized spacial score (nSPS) is 13.4. The molecule has 0 rings (SSSR count). The maximum Gasteiger partial charge on any atom is 0.322 e. The van der Waals surface area contributed by atoms with Crippen molar-refractivity contribution in [2.75, 3.05) is 12.9 Å². The Balaban J connectivity index is 4.64. The van der Waals surface area contributed by atoms with Crippen LogP contribution in [-0.4, -0.2) is 44.4 Å². The minimum atomic E-state index is -3.87. The summed E-state index contributed by atoms with van der Waals surface area (Å²) in [6, 6.07) is -0.748. The van der Waals surface area contributed by atoms with Crippen LogP contribution >= 0.6 is 0 Å². The van der Waals surface area contributed by atoms with Gasteiger partial charge in [0, 0.05) is 6.04 Å². The smallest absolute Gasteiger partial charge is 0.322 e. The number of aliphatic carboxylic acids is 1. The van der Waals surface area contributed by atoms with E-state index in [4.69, 9.17) is 5.11 Å². The van der Waals surface area contributed by atoms with Crippen LogP contribution in [-0.2, 0) is 24.3 Å². The van der Waals surface area contributed by atoms with Crippen LogP contribution in [0.4, 0.5) is 0 Å². The van der Waals surface area contributed by atoms with Crippen LogP contribution in [0.15, 0.2) is 0 Å². The Morgan fingerprint density at radius 3 is 2.24 bits per heavy atom. The monoisotopic (exact) mass is 267 g/mol. The van der Waals surface area contributed by atoms with Crippen LogP contribution in [0.1, 0.15) is 20.3 Å². The summed E-state index contributed by atoms with van der Waals surface area (Å²) in [7, 11) is -2.79. The maximum absolute atomic E-state index is 11.5. The summed E-state index contributed by atoms with van der Waals surface area (Å²) in [5, 5.41) is 8.63. The standard InChI is InChI=1S/C9H17NO6S/c1-6(2)7(4-8(11)12)10-17(14,15)5-9(13)16-3/h6-7,10H,4-5H2,1-3H3,(H,11,12). The first-order valence-electron chi connectivity index (χ1n) is 4.96. The SMILES string of the molecule is COC(=O)CS(=O)(=O)NC(CC(=O)O)C(C)C. The van der Waals surface area contributed by atoms with Crippen molar-refractivity contribution in [2.45, 2.75) is 26.3 Å². The average Bonchev–Trinajstić information content (AvgIpc) is 2.14. The summed E-state index contributed by atoms with van der Waals surface area (Å²) in [5.41, 5.74) is 0. The molecule has 0 aliphatic heterocycles. The molecule has 0 saturated carbocycles. The number of ether oxygens (including phenoxy) is 1. The molecule has 7 nitrogen and oxygen atoms in total. The third-order valence-corrected chi connectivity index (χ3v) is 3.34. The molecule has 0 aromatic rings. The molecule has 17 heavy (non-hydrogen) atoms. The molecule has 0 amide bonds. The Kier molecular flexibility index (Phi) is 6.11. The van der Waals surface area contributed by atoms with E-state index in [2.05, 4.69) is 9.46 Å². The van der Waals surface area contributed by atoms with Gasteiger partial charge in [0.05, 0.1) is 13.5 Å². The summed E-state index contributed by atoms with van der Waals surface area (Å²) in [4.78, 5) is 21.4. The first-order valence-corrected chi connectivity index (χ1v) is 6.61. The predicted molar refractivity (Wildman–Crippen MR) is 59.8 cm³/mol. The van der Waals surface area contributed by atoms with E-state index >= 15 is 0 Å². The van der Waals surface area contributed by atoms with E-state index in [0.29, 0.717) is 0 Å². The molecule has 0 aromatic carbocycles. The van der Waals surface area contributed by atoms with Gasteiger partial charge in [-0.2, -0.15) is 0 Å². The van der Waals surface area contributed by atoms with Gasteiger partial charge in [0.1, 0.15) is 0 Å². The van der Waals surface area contributed by atoms with E-state index in [9.17, 15) is 18.0 Å². The lowest BCUT2D eigenvalue weighted by molar-refractivity contribution is -0.138. The number of hydrogen-bond acceptors (Lipinski definition) is 5. The number of sulfonamides is 1. The summed E-state index contributed by atoms with van der Waals surface area (Å²) in [6.07, 6.45) is -0.335. The van der Waals surface area contributed by atoms with Gasteiger partial charge in [-0.05, 0) is 5.92 Å². The largest absolute Gasteiger partial charge is 0.481 e. The summed E-state index contributed by atoms with van der Waals surface area (Å²) >= 11 is 0. The molecule has 0 heterocycles. The van der Waals surface area contributed by atoms with Gasteiger partial charge in [0.2, 0.25) is 10.0 Å². The molecule has 0 aliphatic rings. The summed E-state index contributed by atoms with van der Waals surface area (Å²) in [6.45, 7) is 3.38. The molecule has 8 heteroatoms. The first kappa shape index (κ1) is 15.9. The van der Waals surface area contributed by atoms with E-state index in [1.165, 1.54) is 0 Å². The average molecular weight is 267 g/mol. The van der Waals surface area contributed by atoms with Crippen molar-refractivity contribution in [1.82, 2.24) is 4.72 Å². The van der Waals surface area contributed by atoms with Crippen molar-refractivity contribution in [3.63, 3.8) is 0 Å². The number of carboxylic acids is 1. The lowest BCUT2D eigenvalue weighted by Gasteiger charge is -2.20. The van der Waals surface area contributed by atoms with E-state index in [1.807, 2.05) is 0 Å². The highest BCUT2D eigenvalue weighted by atomic mass is 32.2. The number of rotatable bonds is 7. The predicted octanol–water partition coefficient (Wildman–Crippen LogP) is -0.422. The number of hydrogen-bond donors (Lipinski definition) is 2. The van der Waals surface area contributed by atoms with E-state index in [-0.39, 0.29) is 12.3 Å². The van der Waals surface area contributed by atoms with Crippen molar-refractivity contribution in [2.24, 2.45) is 5.92 Å². The highest BCUT2D eigenvalue weighted by molar-refractivity contribution is 7.90. The van der Waals surface area contributed by atoms with Crippen molar-refractivity contribution in [1.29, 1.82) is 0 Å². The van der Waals surface area contributed by atoms with Gasteiger partial charge in [-0.25, -0.2) is 13.1 Å². The molecule has 1 unspecified atom stereocenters. The second-order valence-electron chi connectivity index (χ2n) is 3.90. The Bertz CT molecular complexity index is 375. The topological polar surface area (TPSA) is 110 Å². The van der Waals surface area contributed by atoms with Crippen LogP contribution < -0.4 is 4.72 Å². The molecule has 1 atom stereocenters. The zero-order valence-corrected chi connectivity index (χ0v) is 10.8. The van der Waals surface area contributed by atoms with E-state index < -0.39 is 33.8 Å². The lowest BCUT2D eigenvalue weighted by atomic mass is 10.0. The molecule has 0 saturated heterocycles. The third-order valence-electron chi connectivity index (χ3n) is 2.07. The van der Waals surface area contributed by atoms with Crippen molar-refractivity contribution < 1.29 is 27.9 Å². The van der Waals surface area contributed by atoms with Crippen LogP contribution in [0, 0.1) is 5.92 Å². The molecule has 2 N–H and O–H groups in total. The Hall–Kier alpha value is -1.15. The van der Waals surface area contributed by atoms with Crippen LogP contribution in [0.5, 0.6) is 0 Å². The third kappa shape index (κ3) is 6.90. The number of carbonyl (C=O) groups is 2. The summed E-state index contributed by atoms with van der Waals surface area (Å²) < 4.78 is 29.4. The number of carboxylic acid groups (broad SMARTS) is 1. The fraction of sp³-hybridized carbons (Fsp3) is 0.778. The van der Waals surface area contributed by atoms with Crippen molar-refractivity contribution >= 4 is 22.0 Å². The molecule has 0 aliphatic carbocycles. The van der Waals surface area contributed by atoms with E-state index in [0.717, 1.165) is 7.11 Å². The Morgan fingerprint density at radius 2 is 1.88 bits per heavy atom. The number of nitrogens with one attached hydrogen (secondary N) is 1. The highest BCUT2D eigenvalue weighted by Crippen LogP contribution is 2.08. The second kappa shape index (κ2) is 6.55. The maximum atomic E-state index is 11.5. The molecule has 100 valence electrons. The Morgan fingerprint density at radius 1 is 1.35 bits per heavy atom. The van der Waals surface area contributed by atoms with Crippen LogP contribution in [0.3, 0.4) is 0 Å². The molecule has 0 spiro atoms. The van der Waals surface area contributed by atoms with Gasteiger partial charge in [-0.1, -0.05) is 13.8 Å². The lowest BCUT2D eigenvalue weighted by Crippen LogP contribution is -2.42. The number of carbonyl (C=O) groups excluding carboxylic acids is 1.